The molecule has 1 atom stereocenters. The van der Waals surface area contributed by atoms with Gasteiger partial charge in [0.05, 0.1) is 7.11 Å². The van der Waals surface area contributed by atoms with Gasteiger partial charge in [-0.15, -0.1) is 0 Å². The number of carbonyl (C=O) groups excluding carboxylic acids is 3. The predicted molar refractivity (Wildman–Crippen MR) is 157 cm³/mol. The lowest BCUT2D eigenvalue weighted by atomic mass is 10.0. The molecule has 0 radical (unpaired) electrons. The molecule has 0 aliphatic heterocycles. The summed E-state index contributed by atoms with van der Waals surface area (Å²) in [5.41, 5.74) is 12.6. The Kier molecular flexibility index (Phi) is 12.6. The van der Waals surface area contributed by atoms with Gasteiger partial charge >= 0.3 is 12.1 Å². The molecule has 0 bridgehead atoms. The van der Waals surface area contributed by atoms with Crippen LogP contribution in [-0.4, -0.2) is 59.2 Å². The fraction of sp³-hybridized carbons (Fsp3) is 0.481. The van der Waals surface area contributed by atoms with Crippen molar-refractivity contribution in [1.82, 2.24) is 25.9 Å². The van der Waals surface area contributed by atoms with Crippen molar-refractivity contribution < 1.29 is 23.9 Å². The summed E-state index contributed by atoms with van der Waals surface area (Å²) in [4.78, 5) is 43.9. The van der Waals surface area contributed by atoms with Crippen LogP contribution in [0.5, 0.6) is 0 Å². The molecule has 0 spiro atoms. The minimum atomic E-state index is -0.777. The monoisotopic (exact) mass is 590 g/mol. The van der Waals surface area contributed by atoms with Crippen LogP contribution in [0.4, 0.5) is 16.4 Å². The Balaban J connectivity index is 1.69. The smallest absolute Gasteiger partial charge is 0.408 e. The number of aryl methyl sites for hydroxylation is 2. The number of guanidine groups is 1. The van der Waals surface area contributed by atoms with Crippen LogP contribution in [0.15, 0.2) is 24.3 Å². The lowest BCUT2D eigenvalue weighted by Crippen LogP contribution is -2.44. The Labute approximate surface area is 244 Å². The van der Waals surface area contributed by atoms with Crippen LogP contribution in [0.3, 0.4) is 0 Å². The number of rotatable bonds is 12. The van der Waals surface area contributed by atoms with E-state index in [1.807, 2.05) is 12.1 Å². The number of hydrogen-bond acceptors (Lipinski definition) is 10. The molecule has 0 aliphatic carbocycles. The molecule has 2 aromatic rings. The molecule has 2 rings (SSSR count). The second-order valence-electron chi connectivity index (χ2n) is 10.3. The molecule has 14 heteroatoms. The van der Waals surface area contributed by atoms with Gasteiger partial charge in [-0.3, -0.25) is 15.5 Å². The molecule has 0 fully saturated rings. The van der Waals surface area contributed by atoms with Crippen molar-refractivity contribution in [2.75, 3.05) is 25.1 Å². The van der Waals surface area contributed by atoms with Gasteiger partial charge < -0.3 is 31.6 Å². The molecule has 0 saturated heterocycles. The first-order chi connectivity index (χ1) is 19.3. The van der Waals surface area contributed by atoms with Crippen LogP contribution in [0.25, 0.3) is 0 Å². The number of esters is 1. The number of nitrogens with one attached hydrogen (secondary N) is 4. The number of aromatic nitrogens is 2. The number of benzene rings is 1. The summed E-state index contributed by atoms with van der Waals surface area (Å²) < 4.78 is 10.1. The number of hydrogen-bond donors (Lipinski definition) is 6. The van der Waals surface area contributed by atoms with E-state index >= 15 is 0 Å². The van der Waals surface area contributed by atoms with E-state index in [0.29, 0.717) is 19.4 Å². The molecular formula is C27H39ClN8O5. The fourth-order valence-electron chi connectivity index (χ4n) is 3.72. The van der Waals surface area contributed by atoms with E-state index in [-0.39, 0.29) is 28.4 Å². The molecule has 8 N–H and O–H groups in total. The Bertz CT molecular complexity index is 1220. The molecule has 1 aromatic heterocycles. The minimum absolute atomic E-state index is 0.0815. The maximum Gasteiger partial charge on any atom is 0.408 e. The first kappa shape index (κ1) is 33.1. The number of nitrogens with zero attached hydrogens (tertiary/aromatic N) is 2. The number of alkyl carbamates (subject to hydrolysis) is 1. The van der Waals surface area contributed by atoms with Crippen LogP contribution in [0.1, 0.15) is 68.1 Å². The third kappa shape index (κ3) is 11.9. The SMILES string of the molecule is COC(=O)[C@@H](CCCc1ccc(CCCCNC(=N)NC(=O)c2nc(Cl)c(N)nc2N)cc1)NC(=O)OC(C)(C)C. The van der Waals surface area contributed by atoms with Crippen molar-refractivity contribution in [3.63, 3.8) is 0 Å². The average Bonchev–Trinajstić information content (AvgIpc) is 2.89. The van der Waals surface area contributed by atoms with Crippen LogP contribution >= 0.6 is 11.6 Å². The highest BCUT2D eigenvalue weighted by Gasteiger charge is 2.24. The van der Waals surface area contributed by atoms with E-state index in [1.54, 1.807) is 20.8 Å². The predicted octanol–water partition coefficient (Wildman–Crippen LogP) is 2.96. The standard InChI is InChI=1S/C27H39ClN8O5/c1-27(2,3)41-26(39)33-18(24(38)40-4)10-7-9-17-13-11-16(12-14-17)8-5-6-15-32-25(31)36-23(37)19-21(29)35-22(30)20(28)34-19/h11-14,18H,5-10,15H2,1-4H3,(H,33,39)(H4,29,30,35)(H3,31,32,36,37)/t18-/m1/s1. The number of nitrogen functional groups attached to an aromatic ring is 2. The number of halogens is 1. The third-order valence-corrected chi connectivity index (χ3v) is 5.99. The molecule has 0 aliphatic rings. The zero-order chi connectivity index (χ0) is 30.6. The highest BCUT2D eigenvalue weighted by Crippen LogP contribution is 2.17. The zero-order valence-electron chi connectivity index (χ0n) is 23.8. The normalized spacial score (nSPS) is 11.7. The van der Waals surface area contributed by atoms with Gasteiger partial charge in [-0.25, -0.2) is 19.6 Å². The number of methoxy groups -OCH3 is 1. The van der Waals surface area contributed by atoms with Crippen molar-refractivity contribution in [3.05, 3.63) is 46.2 Å². The van der Waals surface area contributed by atoms with E-state index in [0.717, 1.165) is 31.2 Å². The molecule has 1 heterocycles. The van der Waals surface area contributed by atoms with E-state index < -0.39 is 29.6 Å². The third-order valence-electron chi connectivity index (χ3n) is 5.71. The molecule has 0 saturated carbocycles. The van der Waals surface area contributed by atoms with E-state index in [4.69, 9.17) is 38.0 Å². The van der Waals surface area contributed by atoms with E-state index in [2.05, 4.69) is 38.1 Å². The summed E-state index contributed by atoms with van der Waals surface area (Å²) in [6, 6.07) is 7.44. The summed E-state index contributed by atoms with van der Waals surface area (Å²) in [6.07, 6.45) is 3.67. The summed E-state index contributed by atoms with van der Waals surface area (Å²) in [7, 11) is 1.29. The lowest BCUT2D eigenvalue weighted by molar-refractivity contribution is -0.143. The highest BCUT2D eigenvalue weighted by atomic mass is 35.5. The van der Waals surface area contributed by atoms with Crippen molar-refractivity contribution in [2.45, 2.75) is 70.9 Å². The minimum Gasteiger partial charge on any atom is -0.467 e. The van der Waals surface area contributed by atoms with Crippen molar-refractivity contribution in [1.29, 1.82) is 5.41 Å². The molecule has 2 amide bonds. The molecule has 41 heavy (non-hydrogen) atoms. The number of carbonyl (C=O) groups is 3. The summed E-state index contributed by atoms with van der Waals surface area (Å²) in [5, 5.41) is 15.5. The van der Waals surface area contributed by atoms with Crippen LogP contribution in [0, 0.1) is 5.41 Å². The van der Waals surface area contributed by atoms with Gasteiger partial charge in [0.2, 0.25) is 0 Å². The second-order valence-corrected chi connectivity index (χ2v) is 10.6. The van der Waals surface area contributed by atoms with Crippen LogP contribution < -0.4 is 27.4 Å². The molecular weight excluding hydrogens is 552 g/mol. The number of ether oxygens (including phenoxy) is 2. The van der Waals surface area contributed by atoms with Crippen LogP contribution in [0.2, 0.25) is 5.15 Å². The molecule has 0 unspecified atom stereocenters. The Hall–Kier alpha value is -4.13. The summed E-state index contributed by atoms with van der Waals surface area (Å²) in [5.74, 6) is -1.67. The van der Waals surface area contributed by atoms with Gasteiger partial charge in [-0.2, -0.15) is 0 Å². The number of nitrogens with two attached hydrogens (primary N) is 2. The number of anilines is 2. The van der Waals surface area contributed by atoms with Crippen molar-refractivity contribution in [3.8, 4) is 0 Å². The molecule has 224 valence electrons. The quantitative estimate of drug-likeness (QED) is 0.0921. The van der Waals surface area contributed by atoms with E-state index in [9.17, 15) is 14.4 Å². The highest BCUT2D eigenvalue weighted by molar-refractivity contribution is 6.31. The first-order valence-corrected chi connectivity index (χ1v) is 13.5. The Morgan fingerprint density at radius 1 is 1.00 bits per heavy atom. The largest absolute Gasteiger partial charge is 0.467 e. The maximum absolute atomic E-state index is 12.3. The number of amides is 2. The van der Waals surface area contributed by atoms with Gasteiger partial charge in [0, 0.05) is 6.54 Å². The fourth-order valence-corrected chi connectivity index (χ4v) is 3.84. The second kappa shape index (κ2) is 15.6. The average molecular weight is 591 g/mol. The number of unbranched alkanes of at least 4 members (excludes halogenated alkanes) is 1. The zero-order valence-corrected chi connectivity index (χ0v) is 24.6. The Morgan fingerprint density at radius 3 is 2.20 bits per heavy atom. The summed E-state index contributed by atoms with van der Waals surface area (Å²) >= 11 is 5.79. The summed E-state index contributed by atoms with van der Waals surface area (Å²) in [6.45, 7) is 5.75. The lowest BCUT2D eigenvalue weighted by Gasteiger charge is -2.22. The maximum atomic E-state index is 12.3. The molecule has 13 nitrogen and oxygen atoms in total. The van der Waals surface area contributed by atoms with Crippen molar-refractivity contribution >= 4 is 47.2 Å². The van der Waals surface area contributed by atoms with Gasteiger partial charge in [0.25, 0.3) is 5.91 Å². The Morgan fingerprint density at radius 2 is 1.61 bits per heavy atom. The van der Waals surface area contributed by atoms with Gasteiger partial charge in [-0.1, -0.05) is 35.9 Å². The van der Waals surface area contributed by atoms with E-state index in [1.165, 1.54) is 12.7 Å². The topological polar surface area (TPSA) is 207 Å². The van der Waals surface area contributed by atoms with Crippen molar-refractivity contribution in [2.24, 2.45) is 0 Å². The van der Waals surface area contributed by atoms with Gasteiger partial charge in [-0.05, 0) is 70.4 Å². The first-order valence-electron chi connectivity index (χ1n) is 13.2. The van der Waals surface area contributed by atoms with Gasteiger partial charge in [0.15, 0.2) is 28.4 Å². The van der Waals surface area contributed by atoms with Crippen LogP contribution in [-0.2, 0) is 27.1 Å². The molecule has 1 aromatic carbocycles. The van der Waals surface area contributed by atoms with Gasteiger partial charge in [0.1, 0.15) is 11.6 Å².